The minimum absolute atomic E-state index is 0. The molecule has 2 rings (SSSR count). The molecule has 1 heterocycles. The number of likely N-dealkylation sites (tertiary alicyclic amines) is 1. The summed E-state index contributed by atoms with van der Waals surface area (Å²) in [6.07, 6.45) is 1.84. The van der Waals surface area contributed by atoms with Gasteiger partial charge in [-0.15, -0.1) is 0 Å². The Morgan fingerprint density at radius 3 is 2.47 bits per heavy atom. The van der Waals surface area contributed by atoms with Crippen molar-refractivity contribution in [2.75, 3.05) is 19.7 Å². The summed E-state index contributed by atoms with van der Waals surface area (Å²) in [5.74, 6) is -1.14. The Hall–Kier alpha value is -0.390. The molecule has 1 aromatic carbocycles. The van der Waals surface area contributed by atoms with Crippen molar-refractivity contribution in [3.05, 3.63) is 35.9 Å². The Morgan fingerprint density at radius 1 is 1.26 bits per heavy atom. The van der Waals surface area contributed by atoms with Crippen LogP contribution < -0.4 is 34.7 Å². The van der Waals surface area contributed by atoms with Gasteiger partial charge >= 0.3 is 29.6 Å². The average molecular weight is 271 g/mol. The maximum atomic E-state index is 10.3. The van der Waals surface area contributed by atoms with Crippen LogP contribution in [-0.4, -0.2) is 36.7 Å². The maximum Gasteiger partial charge on any atom is 1.00 e. The van der Waals surface area contributed by atoms with Crippen LogP contribution in [0.4, 0.5) is 0 Å². The molecule has 19 heavy (non-hydrogen) atoms. The van der Waals surface area contributed by atoms with Crippen molar-refractivity contribution in [2.45, 2.75) is 25.5 Å². The molecule has 0 amide bonds. The Kier molecular flexibility index (Phi) is 7.64. The molecule has 0 saturated carbocycles. The molecular weight excluding hydrogens is 253 g/mol. The number of carbonyl (C=O) groups is 1. The summed E-state index contributed by atoms with van der Waals surface area (Å²) in [6, 6.07) is 10.4. The number of piperidine rings is 1. The first-order valence-corrected chi connectivity index (χ1v) is 6.32. The van der Waals surface area contributed by atoms with E-state index in [1.807, 2.05) is 18.2 Å². The summed E-state index contributed by atoms with van der Waals surface area (Å²) in [5, 5.41) is 10.3. The number of benzene rings is 1. The number of rotatable bonds is 5. The van der Waals surface area contributed by atoms with Crippen LogP contribution in [0.2, 0.25) is 0 Å². The summed E-state index contributed by atoms with van der Waals surface area (Å²) >= 11 is 0. The smallest absolute Gasteiger partial charge is 0.548 e. The van der Waals surface area contributed by atoms with Crippen molar-refractivity contribution in [1.29, 1.82) is 0 Å². The minimum atomic E-state index is -1.14. The molecule has 0 aliphatic carbocycles. The number of nitrogens with zero attached hydrogens (tertiary/aromatic N) is 1. The number of hydrogen-bond donors (Lipinski definition) is 0. The van der Waals surface area contributed by atoms with Crippen molar-refractivity contribution >= 4 is 5.97 Å². The molecule has 5 heteroatoms. The predicted molar refractivity (Wildman–Crippen MR) is 65.7 cm³/mol. The van der Waals surface area contributed by atoms with E-state index >= 15 is 0 Å². The first-order valence-electron chi connectivity index (χ1n) is 6.32. The SMILES string of the molecule is O=C([O-])COC1CCN(Cc2ccccc2)CC1.[Na+]. The van der Waals surface area contributed by atoms with Crippen LogP contribution in [0.5, 0.6) is 0 Å². The fourth-order valence-electron chi connectivity index (χ4n) is 2.26. The molecule has 0 N–H and O–H groups in total. The Labute approximate surface area is 136 Å². The second kappa shape index (κ2) is 8.72. The van der Waals surface area contributed by atoms with Crippen LogP contribution >= 0.6 is 0 Å². The summed E-state index contributed by atoms with van der Waals surface area (Å²) in [4.78, 5) is 12.7. The molecule has 0 atom stereocenters. The van der Waals surface area contributed by atoms with Gasteiger partial charge in [-0.3, -0.25) is 4.90 Å². The predicted octanol–water partition coefficient (Wildman–Crippen LogP) is -2.58. The molecule has 0 aromatic heterocycles. The number of aliphatic carboxylic acids is 1. The molecule has 1 aliphatic heterocycles. The number of carboxylic acids is 1. The number of carboxylic acid groups (broad SMARTS) is 1. The molecule has 1 aromatic rings. The summed E-state index contributed by atoms with van der Waals surface area (Å²) in [7, 11) is 0. The zero-order valence-corrected chi connectivity index (χ0v) is 13.4. The summed E-state index contributed by atoms with van der Waals surface area (Å²) < 4.78 is 5.25. The third-order valence-corrected chi connectivity index (χ3v) is 3.22. The zero-order chi connectivity index (χ0) is 12.8. The van der Waals surface area contributed by atoms with Gasteiger partial charge in [-0.05, 0) is 18.4 Å². The van der Waals surface area contributed by atoms with Crippen LogP contribution in [0.25, 0.3) is 0 Å². The molecule has 0 spiro atoms. The number of hydrogen-bond acceptors (Lipinski definition) is 4. The van der Waals surface area contributed by atoms with E-state index in [1.165, 1.54) is 5.56 Å². The van der Waals surface area contributed by atoms with Crippen LogP contribution in [-0.2, 0) is 16.1 Å². The molecule has 4 nitrogen and oxygen atoms in total. The van der Waals surface area contributed by atoms with Crippen LogP contribution in [0.3, 0.4) is 0 Å². The Morgan fingerprint density at radius 2 is 1.89 bits per heavy atom. The van der Waals surface area contributed by atoms with E-state index < -0.39 is 5.97 Å². The zero-order valence-electron chi connectivity index (χ0n) is 11.4. The second-order valence-corrected chi connectivity index (χ2v) is 4.64. The Balaban J connectivity index is 0.00000180. The third-order valence-electron chi connectivity index (χ3n) is 3.22. The molecule has 98 valence electrons. The standard InChI is InChI=1S/C14H19NO3.Na/c16-14(17)11-18-13-6-8-15(9-7-13)10-12-4-2-1-3-5-12;/h1-5,13H,6-11H2,(H,16,17);/q;+1/p-1. The molecule has 0 bridgehead atoms. The van der Waals surface area contributed by atoms with Gasteiger partial charge in [0.2, 0.25) is 0 Å². The minimum Gasteiger partial charge on any atom is -0.548 e. The largest absolute Gasteiger partial charge is 1.00 e. The van der Waals surface area contributed by atoms with Crippen molar-refractivity contribution in [3.8, 4) is 0 Å². The van der Waals surface area contributed by atoms with Crippen LogP contribution in [0.15, 0.2) is 30.3 Å². The van der Waals surface area contributed by atoms with Gasteiger partial charge in [0.1, 0.15) is 0 Å². The van der Waals surface area contributed by atoms with E-state index in [2.05, 4.69) is 17.0 Å². The van der Waals surface area contributed by atoms with E-state index in [0.29, 0.717) is 0 Å². The monoisotopic (exact) mass is 271 g/mol. The summed E-state index contributed by atoms with van der Waals surface area (Å²) in [5.41, 5.74) is 1.31. The van der Waals surface area contributed by atoms with Crippen molar-refractivity contribution in [3.63, 3.8) is 0 Å². The van der Waals surface area contributed by atoms with Gasteiger partial charge in [-0.2, -0.15) is 0 Å². The summed E-state index contributed by atoms with van der Waals surface area (Å²) in [6.45, 7) is 2.57. The van der Waals surface area contributed by atoms with E-state index in [0.717, 1.165) is 32.5 Å². The fourth-order valence-corrected chi connectivity index (χ4v) is 2.26. The first-order chi connectivity index (χ1) is 8.74. The van der Waals surface area contributed by atoms with Gasteiger partial charge in [0.15, 0.2) is 0 Å². The Bertz CT molecular complexity index is 378. The molecule has 1 aliphatic rings. The maximum absolute atomic E-state index is 10.3. The molecule has 0 radical (unpaired) electrons. The van der Waals surface area contributed by atoms with Crippen molar-refractivity contribution in [1.82, 2.24) is 4.90 Å². The van der Waals surface area contributed by atoms with Crippen molar-refractivity contribution in [2.24, 2.45) is 0 Å². The van der Waals surface area contributed by atoms with Crippen LogP contribution in [0, 0.1) is 0 Å². The van der Waals surface area contributed by atoms with E-state index in [-0.39, 0.29) is 42.3 Å². The van der Waals surface area contributed by atoms with E-state index in [4.69, 9.17) is 4.74 Å². The number of carbonyl (C=O) groups excluding carboxylic acids is 1. The topological polar surface area (TPSA) is 52.6 Å². The first kappa shape index (κ1) is 16.7. The molecule has 1 saturated heterocycles. The van der Waals surface area contributed by atoms with Gasteiger partial charge in [0.05, 0.1) is 18.7 Å². The number of ether oxygens (including phenoxy) is 1. The van der Waals surface area contributed by atoms with Gasteiger partial charge < -0.3 is 14.6 Å². The third kappa shape index (κ3) is 6.06. The van der Waals surface area contributed by atoms with Gasteiger partial charge in [-0.1, -0.05) is 30.3 Å². The quantitative estimate of drug-likeness (QED) is 0.552. The molecule has 1 fully saturated rings. The van der Waals surface area contributed by atoms with Gasteiger partial charge in [-0.25, -0.2) is 0 Å². The molecular formula is C14H18NNaO3. The van der Waals surface area contributed by atoms with E-state index in [9.17, 15) is 9.90 Å². The normalized spacial score (nSPS) is 16.8. The fraction of sp³-hybridized carbons (Fsp3) is 0.500. The van der Waals surface area contributed by atoms with Gasteiger partial charge in [0.25, 0.3) is 0 Å². The average Bonchev–Trinajstić information content (AvgIpc) is 2.39. The van der Waals surface area contributed by atoms with Gasteiger partial charge in [0, 0.05) is 19.6 Å². The van der Waals surface area contributed by atoms with E-state index in [1.54, 1.807) is 0 Å². The van der Waals surface area contributed by atoms with Crippen molar-refractivity contribution < 1.29 is 44.2 Å². The second-order valence-electron chi connectivity index (χ2n) is 4.64. The molecule has 0 unspecified atom stereocenters. The van der Waals surface area contributed by atoms with Crippen LogP contribution in [0.1, 0.15) is 18.4 Å².